The van der Waals surface area contributed by atoms with Gasteiger partial charge in [0.1, 0.15) is 0 Å². The lowest BCUT2D eigenvalue weighted by Gasteiger charge is -2.33. The molecule has 0 atom stereocenters. The monoisotopic (exact) mass is 415 g/mol. The van der Waals surface area contributed by atoms with Crippen LogP contribution in [0.15, 0.2) is 53.4 Å². The number of sulfonamides is 1. The van der Waals surface area contributed by atoms with Crippen molar-refractivity contribution < 1.29 is 13.2 Å². The molecule has 1 heterocycles. The summed E-state index contributed by atoms with van der Waals surface area (Å²) in [5.41, 5.74) is 3.50. The first-order chi connectivity index (χ1) is 13.9. The second-order valence-corrected chi connectivity index (χ2v) is 9.46. The molecule has 0 bridgehead atoms. The van der Waals surface area contributed by atoms with E-state index in [1.807, 2.05) is 36.1 Å². The van der Waals surface area contributed by atoms with Crippen molar-refractivity contribution in [3.63, 3.8) is 0 Å². The van der Waals surface area contributed by atoms with Crippen LogP contribution in [0.25, 0.3) is 0 Å². The van der Waals surface area contributed by atoms with Crippen LogP contribution >= 0.6 is 0 Å². The van der Waals surface area contributed by atoms with Crippen molar-refractivity contribution in [3.05, 3.63) is 65.2 Å². The Morgan fingerprint density at radius 1 is 0.966 bits per heavy atom. The first-order valence-corrected chi connectivity index (χ1v) is 11.4. The number of aryl methyl sites for hydroxylation is 2. The highest BCUT2D eigenvalue weighted by molar-refractivity contribution is 7.89. The van der Waals surface area contributed by atoms with Crippen molar-refractivity contribution in [3.8, 4) is 0 Å². The van der Waals surface area contributed by atoms with Gasteiger partial charge in [-0.2, -0.15) is 4.31 Å². The van der Waals surface area contributed by atoms with Crippen LogP contribution in [0.4, 0.5) is 0 Å². The molecule has 0 radical (unpaired) electrons. The fourth-order valence-corrected chi connectivity index (χ4v) is 4.90. The first-order valence-electron chi connectivity index (χ1n) is 9.96. The van der Waals surface area contributed by atoms with Gasteiger partial charge in [0.2, 0.25) is 15.9 Å². The Morgan fingerprint density at radius 3 is 2.28 bits per heavy atom. The summed E-state index contributed by atoms with van der Waals surface area (Å²) >= 11 is 0. The Balaban J connectivity index is 1.44. The molecule has 0 spiro atoms. The van der Waals surface area contributed by atoms with Crippen molar-refractivity contribution >= 4 is 15.9 Å². The fraction of sp³-hybridized carbons (Fsp3) is 0.409. The van der Waals surface area contributed by atoms with Crippen LogP contribution < -0.4 is 5.32 Å². The third-order valence-electron chi connectivity index (χ3n) is 5.33. The number of benzene rings is 2. The molecule has 6 nitrogen and oxygen atoms in total. The summed E-state index contributed by atoms with van der Waals surface area (Å²) in [6.45, 7) is 6.80. The van der Waals surface area contributed by atoms with Crippen molar-refractivity contribution in [1.29, 1.82) is 0 Å². The molecule has 3 rings (SSSR count). The molecule has 1 N–H and O–H groups in total. The van der Waals surface area contributed by atoms with Gasteiger partial charge in [0.05, 0.1) is 11.4 Å². The van der Waals surface area contributed by atoms with Gasteiger partial charge in [-0.1, -0.05) is 42.0 Å². The average molecular weight is 416 g/mol. The molecule has 0 aliphatic carbocycles. The molecule has 0 saturated carbocycles. The maximum absolute atomic E-state index is 12.8. The normalized spacial score (nSPS) is 15.9. The zero-order valence-electron chi connectivity index (χ0n) is 17.1. The van der Waals surface area contributed by atoms with E-state index in [9.17, 15) is 13.2 Å². The molecular formula is C22H29N3O3S. The number of amides is 1. The number of piperazine rings is 1. The third-order valence-corrected chi connectivity index (χ3v) is 7.25. The summed E-state index contributed by atoms with van der Waals surface area (Å²) in [6, 6.07) is 15.1. The molecule has 0 unspecified atom stereocenters. The lowest BCUT2D eigenvalue weighted by Crippen LogP contribution is -2.51. The number of nitrogens with one attached hydrogen (secondary N) is 1. The van der Waals surface area contributed by atoms with Gasteiger partial charge < -0.3 is 5.32 Å². The molecule has 1 aliphatic rings. The third kappa shape index (κ3) is 5.65. The SMILES string of the molecule is Cc1ccc(S(=O)(=O)N2CCN(CC(=O)NCCc3ccccc3C)CC2)cc1. The summed E-state index contributed by atoms with van der Waals surface area (Å²) in [5.74, 6) is -0.0200. The maximum atomic E-state index is 12.8. The van der Waals surface area contributed by atoms with E-state index in [4.69, 9.17) is 0 Å². The summed E-state index contributed by atoms with van der Waals surface area (Å²) in [4.78, 5) is 14.6. The number of hydrogen-bond acceptors (Lipinski definition) is 4. The first kappa shape index (κ1) is 21.5. The van der Waals surface area contributed by atoms with Gasteiger partial charge in [0.25, 0.3) is 0 Å². The van der Waals surface area contributed by atoms with Gasteiger partial charge in [-0.15, -0.1) is 0 Å². The Morgan fingerprint density at radius 2 is 1.62 bits per heavy atom. The summed E-state index contributed by atoms with van der Waals surface area (Å²) in [5, 5.41) is 2.97. The molecule has 1 amide bonds. The minimum atomic E-state index is -3.47. The molecule has 1 aliphatic heterocycles. The van der Waals surface area contributed by atoms with Crippen molar-refractivity contribution in [1.82, 2.24) is 14.5 Å². The topological polar surface area (TPSA) is 69.7 Å². The smallest absolute Gasteiger partial charge is 0.243 e. The highest BCUT2D eigenvalue weighted by Gasteiger charge is 2.28. The van der Waals surface area contributed by atoms with Gasteiger partial charge >= 0.3 is 0 Å². The number of rotatable bonds is 7. The quantitative estimate of drug-likeness (QED) is 0.751. The van der Waals surface area contributed by atoms with Gasteiger partial charge in [-0.3, -0.25) is 9.69 Å². The van der Waals surface area contributed by atoms with E-state index >= 15 is 0 Å². The zero-order valence-corrected chi connectivity index (χ0v) is 17.9. The van der Waals surface area contributed by atoms with Crippen LogP contribution in [0.3, 0.4) is 0 Å². The highest BCUT2D eigenvalue weighted by Crippen LogP contribution is 2.18. The minimum absolute atomic E-state index is 0.0200. The number of carbonyl (C=O) groups is 1. The van der Waals surface area contributed by atoms with E-state index < -0.39 is 10.0 Å². The average Bonchev–Trinajstić information content (AvgIpc) is 2.70. The Labute approximate surface area is 173 Å². The van der Waals surface area contributed by atoms with Gasteiger partial charge in [-0.25, -0.2) is 8.42 Å². The van der Waals surface area contributed by atoms with E-state index in [-0.39, 0.29) is 5.91 Å². The predicted molar refractivity (Wildman–Crippen MR) is 114 cm³/mol. The summed E-state index contributed by atoms with van der Waals surface area (Å²) < 4.78 is 27.0. The minimum Gasteiger partial charge on any atom is -0.355 e. The van der Waals surface area contributed by atoms with Crippen LogP contribution in [0, 0.1) is 13.8 Å². The molecule has 156 valence electrons. The molecular weight excluding hydrogens is 386 g/mol. The van der Waals surface area contributed by atoms with Crippen molar-refractivity contribution in [2.75, 3.05) is 39.3 Å². The second kappa shape index (κ2) is 9.52. The van der Waals surface area contributed by atoms with Crippen LogP contribution in [-0.2, 0) is 21.2 Å². The van der Waals surface area contributed by atoms with Gasteiger partial charge in [-0.05, 0) is 43.5 Å². The van der Waals surface area contributed by atoms with Crippen molar-refractivity contribution in [2.45, 2.75) is 25.2 Å². The van der Waals surface area contributed by atoms with Crippen LogP contribution in [-0.4, -0.2) is 62.8 Å². The lowest BCUT2D eigenvalue weighted by molar-refractivity contribution is -0.122. The lowest BCUT2D eigenvalue weighted by atomic mass is 10.1. The highest BCUT2D eigenvalue weighted by atomic mass is 32.2. The van der Waals surface area contributed by atoms with E-state index in [2.05, 4.69) is 24.4 Å². The zero-order chi connectivity index (χ0) is 20.9. The molecule has 2 aromatic rings. The molecule has 0 aromatic heterocycles. The molecule has 1 fully saturated rings. The molecule has 1 saturated heterocycles. The molecule has 2 aromatic carbocycles. The number of nitrogens with zero attached hydrogens (tertiary/aromatic N) is 2. The van der Waals surface area contributed by atoms with E-state index in [1.54, 1.807) is 12.1 Å². The van der Waals surface area contributed by atoms with Gasteiger partial charge in [0, 0.05) is 32.7 Å². The van der Waals surface area contributed by atoms with Gasteiger partial charge in [0.15, 0.2) is 0 Å². The van der Waals surface area contributed by atoms with E-state index in [0.29, 0.717) is 44.2 Å². The molecule has 29 heavy (non-hydrogen) atoms. The van der Waals surface area contributed by atoms with E-state index in [0.717, 1.165) is 12.0 Å². The maximum Gasteiger partial charge on any atom is 0.243 e. The van der Waals surface area contributed by atoms with Crippen LogP contribution in [0.2, 0.25) is 0 Å². The Hall–Kier alpha value is -2.22. The molecule has 7 heteroatoms. The number of hydrogen-bond donors (Lipinski definition) is 1. The largest absolute Gasteiger partial charge is 0.355 e. The second-order valence-electron chi connectivity index (χ2n) is 7.52. The Kier molecular flexibility index (Phi) is 7.05. The van der Waals surface area contributed by atoms with Crippen LogP contribution in [0.5, 0.6) is 0 Å². The van der Waals surface area contributed by atoms with Crippen molar-refractivity contribution in [2.24, 2.45) is 0 Å². The van der Waals surface area contributed by atoms with Crippen LogP contribution in [0.1, 0.15) is 16.7 Å². The fourth-order valence-electron chi connectivity index (χ4n) is 3.47. The van der Waals surface area contributed by atoms with E-state index in [1.165, 1.54) is 15.4 Å². The standard InChI is InChI=1S/C22H29N3O3S/c1-18-7-9-21(10-8-18)29(27,28)25-15-13-24(14-16-25)17-22(26)23-12-11-20-6-4-3-5-19(20)2/h3-10H,11-17H2,1-2H3,(H,23,26). The summed E-state index contributed by atoms with van der Waals surface area (Å²) in [6.07, 6.45) is 0.807. The Bertz CT molecular complexity index is 934. The summed E-state index contributed by atoms with van der Waals surface area (Å²) in [7, 11) is -3.47. The number of carbonyl (C=O) groups excluding carboxylic acids is 1. The predicted octanol–water partition coefficient (Wildman–Crippen LogP) is 1.97.